The van der Waals surface area contributed by atoms with Gasteiger partial charge in [0, 0.05) is 48.5 Å². The van der Waals surface area contributed by atoms with Crippen LogP contribution in [-0.4, -0.2) is 52.8 Å². The number of esters is 1. The van der Waals surface area contributed by atoms with E-state index in [1.54, 1.807) is 21.7 Å². The monoisotopic (exact) mass is 612 g/mol. The van der Waals surface area contributed by atoms with Gasteiger partial charge in [0.25, 0.3) is 5.91 Å². The van der Waals surface area contributed by atoms with Crippen LogP contribution in [0.5, 0.6) is 5.75 Å². The van der Waals surface area contributed by atoms with Gasteiger partial charge < -0.3 is 14.5 Å². The average molecular weight is 613 g/mol. The smallest absolute Gasteiger partial charge is 0.408 e. The van der Waals surface area contributed by atoms with Gasteiger partial charge in [0.2, 0.25) is 17.1 Å². The van der Waals surface area contributed by atoms with Crippen LogP contribution in [0.15, 0.2) is 64.4 Å². The molecule has 1 saturated heterocycles. The standard InChI is InChI=1S/C30H27F3N4O5S/c1-17(30(31,32)33)35-16-37(36-14-12-23(39)28(42-18(2)38)27(36)29(35)41)26-19-8-5-9-22(34-13-6-11-25(34)40)21(19)15-43-24-10-4-3-7-20(24)26/h3-5,7-10,12,14,17,26H,6,11,13,15-16H2,1-2H3/t17-,26-/m1/s1. The molecule has 13 heteroatoms. The topological polar surface area (TPSA) is 92.2 Å². The SMILES string of the molecule is CC(=O)Oc1c2n(ccc1=O)N([C@H]1c3ccccc3SCc3c1cccc3N1CCCC1=O)CN([C@H](C)C(F)(F)F)C2=O. The Morgan fingerprint density at radius 2 is 1.79 bits per heavy atom. The Morgan fingerprint density at radius 1 is 1.05 bits per heavy atom. The molecule has 3 aliphatic rings. The third-order valence-electron chi connectivity index (χ3n) is 7.99. The molecule has 6 rings (SSSR count). The highest BCUT2D eigenvalue weighted by molar-refractivity contribution is 7.98. The highest BCUT2D eigenvalue weighted by atomic mass is 32.2. The van der Waals surface area contributed by atoms with E-state index in [0.29, 0.717) is 23.6 Å². The molecule has 9 nitrogen and oxygen atoms in total. The first-order chi connectivity index (χ1) is 20.5. The number of aromatic nitrogens is 1. The first-order valence-corrected chi connectivity index (χ1v) is 14.7. The molecule has 4 heterocycles. The molecule has 2 amide bonds. The number of anilines is 1. The Kier molecular flexibility index (Phi) is 7.23. The number of hydrogen-bond donors (Lipinski definition) is 0. The van der Waals surface area contributed by atoms with E-state index in [4.69, 9.17) is 4.74 Å². The van der Waals surface area contributed by atoms with Crippen LogP contribution >= 0.6 is 11.8 Å². The minimum atomic E-state index is -4.78. The van der Waals surface area contributed by atoms with Crippen LogP contribution in [0.2, 0.25) is 0 Å². The summed E-state index contributed by atoms with van der Waals surface area (Å²) in [7, 11) is 0. The van der Waals surface area contributed by atoms with Gasteiger partial charge in [0.1, 0.15) is 12.7 Å². The van der Waals surface area contributed by atoms with Gasteiger partial charge >= 0.3 is 12.1 Å². The van der Waals surface area contributed by atoms with E-state index in [2.05, 4.69) is 0 Å². The number of ether oxygens (including phenoxy) is 1. The number of hydrogen-bond acceptors (Lipinski definition) is 7. The number of carbonyl (C=O) groups is 3. The normalized spacial score (nSPS) is 19.0. The summed E-state index contributed by atoms with van der Waals surface area (Å²) in [5, 5.41) is 1.57. The van der Waals surface area contributed by atoms with Crippen LogP contribution in [0, 0.1) is 0 Å². The summed E-state index contributed by atoms with van der Waals surface area (Å²) >= 11 is 1.55. The zero-order valence-electron chi connectivity index (χ0n) is 23.3. The van der Waals surface area contributed by atoms with Crippen molar-refractivity contribution in [2.75, 3.05) is 23.1 Å². The van der Waals surface area contributed by atoms with Gasteiger partial charge in [-0.3, -0.25) is 28.9 Å². The van der Waals surface area contributed by atoms with Gasteiger partial charge in [-0.1, -0.05) is 30.3 Å². The molecule has 0 N–H and O–H groups in total. The molecule has 43 heavy (non-hydrogen) atoms. The lowest BCUT2D eigenvalue weighted by molar-refractivity contribution is -0.173. The number of benzene rings is 2. The van der Waals surface area contributed by atoms with Gasteiger partial charge in [-0.25, -0.2) is 0 Å². The summed E-state index contributed by atoms with van der Waals surface area (Å²) < 4.78 is 48.9. The van der Waals surface area contributed by atoms with Crippen molar-refractivity contribution < 1.29 is 32.3 Å². The summed E-state index contributed by atoms with van der Waals surface area (Å²) in [6.07, 6.45) is -2.32. The van der Waals surface area contributed by atoms with E-state index >= 15 is 0 Å². The zero-order valence-corrected chi connectivity index (χ0v) is 24.1. The largest absolute Gasteiger partial charge is 0.420 e. The Balaban J connectivity index is 1.62. The maximum absolute atomic E-state index is 14.1. The van der Waals surface area contributed by atoms with Gasteiger partial charge in [-0.15, -0.1) is 11.8 Å². The van der Waals surface area contributed by atoms with Crippen molar-refractivity contribution in [3.8, 4) is 5.75 Å². The maximum Gasteiger partial charge on any atom is 0.408 e. The number of pyridine rings is 1. The number of amides is 2. The Morgan fingerprint density at radius 3 is 2.49 bits per heavy atom. The fraction of sp³-hybridized carbons (Fsp3) is 0.333. The van der Waals surface area contributed by atoms with Crippen LogP contribution in [0.1, 0.15) is 59.9 Å². The van der Waals surface area contributed by atoms with Crippen LogP contribution in [0.4, 0.5) is 18.9 Å². The molecule has 0 aliphatic carbocycles. The first-order valence-electron chi connectivity index (χ1n) is 13.7. The van der Waals surface area contributed by atoms with E-state index < -0.39 is 53.7 Å². The minimum Gasteiger partial charge on any atom is -0.420 e. The van der Waals surface area contributed by atoms with Crippen LogP contribution < -0.4 is 20.1 Å². The lowest BCUT2D eigenvalue weighted by Crippen LogP contribution is -2.60. The quantitative estimate of drug-likeness (QED) is 0.398. The molecule has 3 aromatic rings. The van der Waals surface area contributed by atoms with Crippen LogP contribution in [0.3, 0.4) is 0 Å². The predicted molar refractivity (Wildman–Crippen MR) is 153 cm³/mol. The molecular weight excluding hydrogens is 585 g/mol. The van der Waals surface area contributed by atoms with Crippen molar-refractivity contribution >= 4 is 35.2 Å². The van der Waals surface area contributed by atoms with Crippen molar-refractivity contribution in [1.82, 2.24) is 9.58 Å². The second-order valence-corrected chi connectivity index (χ2v) is 11.6. The highest BCUT2D eigenvalue weighted by Crippen LogP contribution is 2.46. The molecule has 1 aromatic heterocycles. The van der Waals surface area contributed by atoms with E-state index in [1.165, 1.54) is 10.9 Å². The van der Waals surface area contributed by atoms with E-state index in [-0.39, 0.29) is 5.91 Å². The number of rotatable bonds is 4. The summed E-state index contributed by atoms with van der Waals surface area (Å²) in [5.41, 5.74) is 1.79. The Hall–Kier alpha value is -4.26. The molecule has 3 aliphatic heterocycles. The number of fused-ring (bicyclic) bond motifs is 3. The molecule has 0 radical (unpaired) electrons. The number of thioether (sulfide) groups is 1. The lowest BCUT2D eigenvalue weighted by Gasteiger charge is -2.46. The van der Waals surface area contributed by atoms with Crippen molar-refractivity contribution in [2.24, 2.45) is 0 Å². The van der Waals surface area contributed by atoms with Gasteiger partial charge in [-0.05, 0) is 42.2 Å². The lowest BCUT2D eigenvalue weighted by atomic mass is 9.93. The van der Waals surface area contributed by atoms with Crippen molar-refractivity contribution in [3.05, 3.63) is 87.3 Å². The van der Waals surface area contributed by atoms with Gasteiger partial charge in [0.15, 0.2) is 5.69 Å². The van der Waals surface area contributed by atoms with E-state index in [1.807, 2.05) is 42.5 Å². The van der Waals surface area contributed by atoms with E-state index in [9.17, 15) is 32.3 Å². The molecule has 0 saturated carbocycles. The maximum atomic E-state index is 14.1. The Bertz CT molecular complexity index is 1710. The zero-order chi connectivity index (χ0) is 30.6. The molecule has 2 atom stereocenters. The molecule has 1 fully saturated rings. The highest BCUT2D eigenvalue weighted by Gasteiger charge is 2.48. The average Bonchev–Trinajstić information content (AvgIpc) is 3.31. The Labute approximate surface area is 248 Å². The third-order valence-corrected chi connectivity index (χ3v) is 9.11. The van der Waals surface area contributed by atoms with Crippen molar-refractivity contribution in [3.63, 3.8) is 0 Å². The molecule has 2 aromatic carbocycles. The predicted octanol–water partition coefficient (Wildman–Crippen LogP) is 4.60. The van der Waals surface area contributed by atoms with Crippen LogP contribution in [0.25, 0.3) is 0 Å². The number of nitrogens with zero attached hydrogens (tertiary/aromatic N) is 4. The van der Waals surface area contributed by atoms with Gasteiger partial charge in [-0.2, -0.15) is 13.2 Å². The van der Waals surface area contributed by atoms with Crippen molar-refractivity contribution in [2.45, 2.75) is 55.6 Å². The second-order valence-electron chi connectivity index (χ2n) is 10.6. The summed E-state index contributed by atoms with van der Waals surface area (Å²) in [6.45, 7) is 1.98. The minimum absolute atomic E-state index is 0.000762. The van der Waals surface area contributed by atoms with Crippen molar-refractivity contribution in [1.29, 1.82) is 0 Å². The van der Waals surface area contributed by atoms with Crippen LogP contribution in [-0.2, 0) is 15.3 Å². The fourth-order valence-corrected chi connectivity index (χ4v) is 7.04. The number of halogens is 3. The molecule has 0 bridgehead atoms. The second kappa shape index (κ2) is 10.8. The first kappa shape index (κ1) is 28.8. The summed E-state index contributed by atoms with van der Waals surface area (Å²) in [6, 6.07) is 11.2. The molecular formula is C30H27F3N4O5S. The molecule has 224 valence electrons. The van der Waals surface area contributed by atoms with E-state index in [0.717, 1.165) is 53.6 Å². The van der Waals surface area contributed by atoms with Gasteiger partial charge in [0.05, 0.1) is 6.04 Å². The molecule has 0 unspecified atom stereocenters. The third kappa shape index (κ3) is 4.94. The number of carbonyl (C=O) groups excluding carboxylic acids is 3. The summed E-state index contributed by atoms with van der Waals surface area (Å²) in [4.78, 5) is 54.6. The summed E-state index contributed by atoms with van der Waals surface area (Å²) in [5.74, 6) is -2.14. The fourth-order valence-electron chi connectivity index (χ4n) is 5.90. The molecule has 0 spiro atoms. The number of alkyl halides is 3.